The first-order chi connectivity index (χ1) is 7.93. The van der Waals surface area contributed by atoms with Crippen LogP contribution in [-0.4, -0.2) is 24.6 Å². The third kappa shape index (κ3) is 2.57. The molecule has 1 fully saturated rings. The van der Waals surface area contributed by atoms with E-state index in [1.807, 2.05) is 12.1 Å². The summed E-state index contributed by atoms with van der Waals surface area (Å²) in [6.45, 7) is 3.02. The van der Waals surface area contributed by atoms with Crippen LogP contribution in [0, 0.1) is 0 Å². The van der Waals surface area contributed by atoms with Gasteiger partial charge in [0.25, 0.3) is 0 Å². The molecule has 90 valence electrons. The van der Waals surface area contributed by atoms with E-state index >= 15 is 0 Å². The first kappa shape index (κ1) is 12.3. The van der Waals surface area contributed by atoms with Crippen LogP contribution < -0.4 is 10.6 Å². The molecule has 0 bridgehead atoms. The fraction of sp³-hybridized carbons (Fsp3) is 0.308. The molecular weight excluding hydrogens is 234 g/mol. The third-order valence-electron chi connectivity index (χ3n) is 3.02. The second-order valence-corrected chi connectivity index (χ2v) is 4.14. The van der Waals surface area contributed by atoms with Crippen molar-refractivity contribution in [2.75, 3.05) is 19.6 Å². The number of piperazine rings is 1. The molecule has 0 unspecified atom stereocenters. The molecule has 4 heteroatoms. The van der Waals surface area contributed by atoms with Gasteiger partial charge < -0.3 is 10.6 Å². The lowest BCUT2D eigenvalue weighted by molar-refractivity contribution is 0.424. The number of nitrogens with one attached hydrogen (secondary N) is 2. The quantitative estimate of drug-likeness (QED) is 0.811. The van der Waals surface area contributed by atoms with E-state index in [0.29, 0.717) is 6.04 Å². The van der Waals surface area contributed by atoms with Crippen molar-refractivity contribution in [1.29, 1.82) is 0 Å². The maximum absolute atomic E-state index is 4.70. The molecule has 1 aromatic carbocycles. The van der Waals surface area contributed by atoms with E-state index in [2.05, 4.69) is 34.9 Å². The van der Waals surface area contributed by atoms with Gasteiger partial charge in [-0.15, -0.1) is 12.4 Å². The van der Waals surface area contributed by atoms with Gasteiger partial charge in [0, 0.05) is 25.0 Å². The predicted molar refractivity (Wildman–Crippen MR) is 72.6 cm³/mol. The lowest BCUT2D eigenvalue weighted by atomic mass is 10.1. The molecule has 0 aliphatic carbocycles. The van der Waals surface area contributed by atoms with Crippen molar-refractivity contribution in [3.8, 4) is 0 Å². The summed E-state index contributed by atoms with van der Waals surface area (Å²) >= 11 is 0. The summed E-state index contributed by atoms with van der Waals surface area (Å²) in [6, 6.07) is 12.9. The smallest absolute Gasteiger partial charge is 0.0706 e. The number of aromatic nitrogens is 1. The van der Waals surface area contributed by atoms with E-state index in [-0.39, 0.29) is 12.4 Å². The minimum absolute atomic E-state index is 0. The van der Waals surface area contributed by atoms with Crippen LogP contribution in [0.4, 0.5) is 0 Å². The SMILES string of the molecule is Cl.c1ccc2nc([C@H]3CNCCN3)ccc2c1. The summed E-state index contributed by atoms with van der Waals surface area (Å²) < 4.78 is 0. The summed E-state index contributed by atoms with van der Waals surface area (Å²) in [5.41, 5.74) is 2.21. The largest absolute Gasteiger partial charge is 0.314 e. The van der Waals surface area contributed by atoms with Crippen molar-refractivity contribution in [2.45, 2.75) is 6.04 Å². The Morgan fingerprint density at radius 1 is 1.06 bits per heavy atom. The number of halogens is 1. The van der Waals surface area contributed by atoms with Crippen molar-refractivity contribution in [3.63, 3.8) is 0 Å². The highest BCUT2D eigenvalue weighted by atomic mass is 35.5. The van der Waals surface area contributed by atoms with Crippen molar-refractivity contribution >= 4 is 23.3 Å². The molecule has 2 N–H and O–H groups in total. The average molecular weight is 250 g/mol. The molecule has 1 aliphatic rings. The van der Waals surface area contributed by atoms with Crippen LogP contribution in [0.25, 0.3) is 10.9 Å². The van der Waals surface area contributed by atoms with Gasteiger partial charge in [-0.05, 0) is 12.1 Å². The number of benzene rings is 1. The van der Waals surface area contributed by atoms with Gasteiger partial charge in [0.2, 0.25) is 0 Å². The zero-order valence-electron chi connectivity index (χ0n) is 9.52. The Hall–Kier alpha value is -1.16. The zero-order valence-corrected chi connectivity index (χ0v) is 10.3. The minimum atomic E-state index is 0. The van der Waals surface area contributed by atoms with Gasteiger partial charge in [-0.1, -0.05) is 24.3 Å². The van der Waals surface area contributed by atoms with Crippen molar-refractivity contribution in [1.82, 2.24) is 15.6 Å². The predicted octanol–water partition coefficient (Wildman–Crippen LogP) is 1.89. The van der Waals surface area contributed by atoms with Crippen molar-refractivity contribution in [3.05, 3.63) is 42.1 Å². The van der Waals surface area contributed by atoms with Crippen LogP contribution in [0.1, 0.15) is 11.7 Å². The average Bonchev–Trinajstić information content (AvgIpc) is 2.39. The van der Waals surface area contributed by atoms with Crippen molar-refractivity contribution < 1.29 is 0 Å². The Labute approximate surface area is 107 Å². The second kappa shape index (κ2) is 5.45. The number of pyridine rings is 1. The number of nitrogens with zero attached hydrogens (tertiary/aromatic N) is 1. The molecule has 0 radical (unpaired) electrons. The standard InChI is InChI=1S/C13H15N3.ClH/c1-2-4-11-10(3-1)5-6-12(16-11)13-9-14-7-8-15-13;/h1-6,13-15H,7-9H2;1H/t13-;/m1./s1. The number of hydrogen-bond donors (Lipinski definition) is 2. The molecular formula is C13H16ClN3. The maximum Gasteiger partial charge on any atom is 0.0706 e. The number of hydrogen-bond acceptors (Lipinski definition) is 3. The zero-order chi connectivity index (χ0) is 10.8. The van der Waals surface area contributed by atoms with E-state index < -0.39 is 0 Å². The lowest BCUT2D eigenvalue weighted by Crippen LogP contribution is -2.42. The van der Waals surface area contributed by atoms with Crippen LogP contribution in [0.5, 0.6) is 0 Å². The maximum atomic E-state index is 4.70. The molecule has 0 amide bonds. The van der Waals surface area contributed by atoms with Gasteiger partial charge >= 0.3 is 0 Å². The summed E-state index contributed by atoms with van der Waals surface area (Å²) in [6.07, 6.45) is 0. The van der Waals surface area contributed by atoms with Gasteiger partial charge in [0.05, 0.1) is 17.3 Å². The number of para-hydroxylation sites is 1. The van der Waals surface area contributed by atoms with Gasteiger partial charge in [0.15, 0.2) is 0 Å². The lowest BCUT2D eigenvalue weighted by Gasteiger charge is -2.24. The molecule has 2 aromatic rings. The molecule has 2 heterocycles. The van der Waals surface area contributed by atoms with Gasteiger partial charge in [0.1, 0.15) is 0 Å². The van der Waals surface area contributed by atoms with E-state index in [0.717, 1.165) is 30.8 Å². The molecule has 3 rings (SSSR count). The highest BCUT2D eigenvalue weighted by molar-refractivity contribution is 5.85. The second-order valence-electron chi connectivity index (χ2n) is 4.14. The van der Waals surface area contributed by atoms with E-state index in [4.69, 9.17) is 4.98 Å². The van der Waals surface area contributed by atoms with Crippen LogP contribution in [0.15, 0.2) is 36.4 Å². The molecule has 1 saturated heterocycles. The topological polar surface area (TPSA) is 37.0 Å². The number of fused-ring (bicyclic) bond motifs is 1. The summed E-state index contributed by atoms with van der Waals surface area (Å²) in [7, 11) is 0. The van der Waals surface area contributed by atoms with Gasteiger partial charge in [-0.25, -0.2) is 0 Å². The van der Waals surface area contributed by atoms with E-state index in [1.54, 1.807) is 0 Å². The molecule has 1 aliphatic heterocycles. The molecule has 17 heavy (non-hydrogen) atoms. The van der Waals surface area contributed by atoms with E-state index in [1.165, 1.54) is 5.39 Å². The molecule has 3 nitrogen and oxygen atoms in total. The van der Waals surface area contributed by atoms with Crippen LogP contribution in [0.3, 0.4) is 0 Å². The molecule has 0 saturated carbocycles. The summed E-state index contributed by atoms with van der Waals surface area (Å²) in [5, 5.41) is 8.06. The molecule has 1 aromatic heterocycles. The van der Waals surface area contributed by atoms with Crippen LogP contribution >= 0.6 is 12.4 Å². The minimum Gasteiger partial charge on any atom is -0.314 e. The number of rotatable bonds is 1. The van der Waals surface area contributed by atoms with Crippen LogP contribution in [-0.2, 0) is 0 Å². The first-order valence-electron chi connectivity index (χ1n) is 5.73. The van der Waals surface area contributed by atoms with Crippen molar-refractivity contribution in [2.24, 2.45) is 0 Å². The highest BCUT2D eigenvalue weighted by Gasteiger charge is 2.15. The Kier molecular flexibility index (Phi) is 3.94. The van der Waals surface area contributed by atoms with Gasteiger partial charge in [-0.2, -0.15) is 0 Å². The third-order valence-corrected chi connectivity index (χ3v) is 3.02. The Balaban J connectivity index is 0.00000108. The Bertz CT molecular complexity index is 495. The van der Waals surface area contributed by atoms with Crippen LogP contribution in [0.2, 0.25) is 0 Å². The Morgan fingerprint density at radius 3 is 2.76 bits per heavy atom. The van der Waals surface area contributed by atoms with Gasteiger partial charge in [-0.3, -0.25) is 4.98 Å². The monoisotopic (exact) mass is 249 g/mol. The van der Waals surface area contributed by atoms with E-state index in [9.17, 15) is 0 Å². The molecule has 0 spiro atoms. The fourth-order valence-corrected chi connectivity index (χ4v) is 2.14. The fourth-order valence-electron chi connectivity index (χ4n) is 2.14. The summed E-state index contributed by atoms with van der Waals surface area (Å²) in [4.78, 5) is 4.70. The molecule has 1 atom stereocenters. The first-order valence-corrected chi connectivity index (χ1v) is 5.73. The highest BCUT2D eigenvalue weighted by Crippen LogP contribution is 2.16. The Morgan fingerprint density at radius 2 is 1.94 bits per heavy atom. The summed E-state index contributed by atoms with van der Waals surface area (Å²) in [5.74, 6) is 0. The normalized spacial score (nSPS) is 19.9.